The summed E-state index contributed by atoms with van der Waals surface area (Å²) in [6, 6.07) is 97.7. The first-order chi connectivity index (χ1) is 34.7. The summed E-state index contributed by atoms with van der Waals surface area (Å²) in [5, 5.41) is 12.6. The minimum absolute atomic E-state index is 0.503. The fourth-order valence-corrected chi connectivity index (χ4v) is 12.6. The minimum atomic E-state index is -0.503. The van der Waals surface area contributed by atoms with Crippen LogP contribution in [-0.4, -0.2) is 0 Å². The molecule has 0 aromatic heterocycles. The van der Waals surface area contributed by atoms with Crippen molar-refractivity contribution in [3.8, 4) is 44.5 Å². The topological polar surface area (TPSA) is 3.24 Å². The van der Waals surface area contributed by atoms with E-state index in [0.717, 1.165) is 22.6 Å². The molecule has 0 amide bonds. The second-order valence-electron chi connectivity index (χ2n) is 19.1. The molecular weight excluding hydrogens is 843 g/mol. The van der Waals surface area contributed by atoms with Gasteiger partial charge in [-0.25, -0.2) is 0 Å². The molecule has 13 aromatic carbocycles. The molecule has 0 saturated heterocycles. The molecule has 2 aliphatic carbocycles. The van der Waals surface area contributed by atoms with Crippen molar-refractivity contribution in [1.29, 1.82) is 0 Å². The highest BCUT2D eigenvalue weighted by molar-refractivity contribution is 6.26. The Morgan fingerprint density at radius 3 is 1.34 bits per heavy atom. The van der Waals surface area contributed by atoms with Gasteiger partial charge in [-0.05, 0) is 158 Å². The highest BCUT2D eigenvalue weighted by atomic mass is 15.1. The average Bonchev–Trinajstić information content (AvgIpc) is 3.90. The van der Waals surface area contributed by atoms with E-state index >= 15 is 0 Å². The van der Waals surface area contributed by atoms with Gasteiger partial charge in [0.1, 0.15) is 0 Å². The maximum absolute atomic E-state index is 2.56. The third-order valence-corrected chi connectivity index (χ3v) is 15.6. The van der Waals surface area contributed by atoms with Crippen molar-refractivity contribution in [1.82, 2.24) is 0 Å². The van der Waals surface area contributed by atoms with E-state index < -0.39 is 5.41 Å². The summed E-state index contributed by atoms with van der Waals surface area (Å²) in [5.41, 5.74) is 18.1. The van der Waals surface area contributed by atoms with E-state index in [1.165, 1.54) is 115 Å². The molecule has 0 aliphatic heterocycles. The van der Waals surface area contributed by atoms with Gasteiger partial charge in [0.15, 0.2) is 0 Å². The molecule has 324 valence electrons. The molecule has 0 N–H and O–H groups in total. The van der Waals surface area contributed by atoms with Crippen LogP contribution in [0.4, 0.5) is 17.1 Å². The zero-order valence-corrected chi connectivity index (χ0v) is 38.3. The average molecular weight is 886 g/mol. The summed E-state index contributed by atoms with van der Waals surface area (Å²) in [7, 11) is 0. The summed E-state index contributed by atoms with van der Waals surface area (Å²) in [4.78, 5) is 2.52. The van der Waals surface area contributed by atoms with Gasteiger partial charge in [0, 0.05) is 16.9 Å². The maximum atomic E-state index is 2.56. The van der Waals surface area contributed by atoms with Crippen molar-refractivity contribution in [2.75, 3.05) is 4.90 Å². The Morgan fingerprint density at radius 1 is 0.229 bits per heavy atom. The van der Waals surface area contributed by atoms with E-state index in [2.05, 4.69) is 266 Å². The van der Waals surface area contributed by atoms with Crippen LogP contribution in [0.2, 0.25) is 0 Å². The van der Waals surface area contributed by atoms with Crippen LogP contribution in [0.15, 0.2) is 261 Å². The summed E-state index contributed by atoms with van der Waals surface area (Å²) in [5.74, 6) is 0. The number of rotatable bonds is 5. The molecular formula is C69H43N. The molecule has 2 aliphatic rings. The Kier molecular flexibility index (Phi) is 8.35. The smallest absolute Gasteiger partial charge is 0.0726 e. The van der Waals surface area contributed by atoms with Crippen molar-refractivity contribution in [3.05, 3.63) is 283 Å². The van der Waals surface area contributed by atoms with Gasteiger partial charge >= 0.3 is 0 Å². The van der Waals surface area contributed by atoms with Crippen molar-refractivity contribution >= 4 is 70.9 Å². The van der Waals surface area contributed by atoms with Crippen LogP contribution in [0.5, 0.6) is 0 Å². The minimum Gasteiger partial charge on any atom is -0.310 e. The fourth-order valence-electron chi connectivity index (χ4n) is 12.6. The first-order valence-corrected chi connectivity index (χ1v) is 24.4. The third-order valence-electron chi connectivity index (χ3n) is 15.6. The highest BCUT2D eigenvalue weighted by Gasteiger charge is 2.52. The number of fused-ring (bicyclic) bond motifs is 19. The number of anilines is 3. The molecule has 70 heavy (non-hydrogen) atoms. The van der Waals surface area contributed by atoms with Gasteiger partial charge in [-0.2, -0.15) is 0 Å². The summed E-state index contributed by atoms with van der Waals surface area (Å²) >= 11 is 0. The van der Waals surface area contributed by atoms with Crippen LogP contribution in [0.1, 0.15) is 22.3 Å². The van der Waals surface area contributed by atoms with Crippen molar-refractivity contribution in [2.45, 2.75) is 5.41 Å². The van der Waals surface area contributed by atoms with E-state index in [-0.39, 0.29) is 0 Å². The highest BCUT2D eigenvalue weighted by Crippen LogP contribution is 2.64. The van der Waals surface area contributed by atoms with E-state index in [0.29, 0.717) is 0 Å². The van der Waals surface area contributed by atoms with Crippen molar-refractivity contribution < 1.29 is 0 Å². The Balaban J connectivity index is 1.01. The molecule has 0 bridgehead atoms. The van der Waals surface area contributed by atoms with E-state index in [1.807, 2.05) is 0 Å². The van der Waals surface area contributed by atoms with Crippen LogP contribution < -0.4 is 4.90 Å². The van der Waals surface area contributed by atoms with Crippen LogP contribution >= 0.6 is 0 Å². The van der Waals surface area contributed by atoms with Crippen LogP contribution in [-0.2, 0) is 5.41 Å². The normalized spacial score (nSPS) is 13.0. The van der Waals surface area contributed by atoms with Gasteiger partial charge in [0.2, 0.25) is 0 Å². The van der Waals surface area contributed by atoms with Gasteiger partial charge in [0.05, 0.1) is 11.1 Å². The zero-order valence-electron chi connectivity index (χ0n) is 38.3. The molecule has 1 spiro atoms. The lowest BCUT2D eigenvalue weighted by molar-refractivity contribution is 0.794. The van der Waals surface area contributed by atoms with Gasteiger partial charge in [-0.3, -0.25) is 0 Å². The van der Waals surface area contributed by atoms with Crippen molar-refractivity contribution in [2.24, 2.45) is 0 Å². The summed E-state index contributed by atoms with van der Waals surface area (Å²) < 4.78 is 0. The van der Waals surface area contributed by atoms with Crippen LogP contribution in [0.25, 0.3) is 98.4 Å². The van der Waals surface area contributed by atoms with Gasteiger partial charge in [-0.1, -0.05) is 218 Å². The largest absolute Gasteiger partial charge is 0.310 e. The van der Waals surface area contributed by atoms with E-state index in [9.17, 15) is 0 Å². The molecule has 0 fully saturated rings. The standard InChI is InChI=1S/C69H43N/c1-2-17-49(18-3-1)70(50-38-39-56-54-22-7-6-20-52(54)53-21-8-9-23-55(53)62(56)41-50)68-43-67-63(59-26-12-15-29-66(59)69(67)64-27-13-10-24-57(64)58-25-11-14-28-65(58)69)42-61(68)47-32-30-44(31-33-47)48-37-36-46-35-34-45-16-4-5-19-51(45)60(46)40-48/h1-43H. The number of para-hydroxylation sites is 1. The van der Waals surface area contributed by atoms with Gasteiger partial charge in [0.25, 0.3) is 0 Å². The molecule has 1 heteroatoms. The summed E-state index contributed by atoms with van der Waals surface area (Å²) in [6.45, 7) is 0. The molecule has 0 heterocycles. The SMILES string of the molecule is c1ccc(N(c2ccc3c4ccccc4c4ccccc4c3c2)c2cc3c(cc2-c2ccc(-c4ccc5ccc6ccccc6c5c4)cc2)-c2ccccc2C32c3ccccc3-c3ccccc32)cc1. The number of hydrogen-bond acceptors (Lipinski definition) is 1. The predicted molar refractivity (Wildman–Crippen MR) is 296 cm³/mol. The number of hydrogen-bond donors (Lipinski definition) is 0. The maximum Gasteiger partial charge on any atom is 0.0726 e. The lowest BCUT2D eigenvalue weighted by Gasteiger charge is -2.33. The van der Waals surface area contributed by atoms with E-state index in [4.69, 9.17) is 0 Å². The number of nitrogens with zero attached hydrogens (tertiary/aromatic N) is 1. The molecule has 0 radical (unpaired) electrons. The third kappa shape index (κ3) is 5.49. The zero-order chi connectivity index (χ0) is 45.9. The lowest BCUT2D eigenvalue weighted by atomic mass is 9.70. The second-order valence-corrected chi connectivity index (χ2v) is 19.1. The molecule has 13 aromatic rings. The Hall–Kier alpha value is -9.04. The fraction of sp³-hybridized carbons (Fsp3) is 0.0145. The van der Waals surface area contributed by atoms with Crippen molar-refractivity contribution in [3.63, 3.8) is 0 Å². The molecule has 0 saturated carbocycles. The Labute approximate surface area is 406 Å². The Morgan fingerprint density at radius 2 is 0.700 bits per heavy atom. The number of benzene rings is 13. The predicted octanol–water partition coefficient (Wildman–Crippen LogP) is 18.6. The monoisotopic (exact) mass is 885 g/mol. The first-order valence-electron chi connectivity index (χ1n) is 24.4. The molecule has 1 nitrogen and oxygen atoms in total. The van der Waals surface area contributed by atoms with Crippen LogP contribution in [0, 0.1) is 0 Å². The first kappa shape index (κ1) is 39.0. The molecule has 0 unspecified atom stereocenters. The molecule has 15 rings (SSSR count). The van der Waals surface area contributed by atoms with E-state index in [1.54, 1.807) is 0 Å². The van der Waals surface area contributed by atoms with Gasteiger partial charge in [-0.15, -0.1) is 0 Å². The quantitative estimate of drug-likeness (QED) is 0.156. The molecule has 0 atom stereocenters. The summed E-state index contributed by atoms with van der Waals surface area (Å²) in [6.07, 6.45) is 0. The van der Waals surface area contributed by atoms with Crippen LogP contribution in [0.3, 0.4) is 0 Å². The second kappa shape index (κ2) is 15.0. The van der Waals surface area contributed by atoms with Gasteiger partial charge < -0.3 is 4.90 Å². The Bertz CT molecular complexity index is 4210. The lowest BCUT2D eigenvalue weighted by Crippen LogP contribution is -2.26.